The Morgan fingerprint density at radius 3 is 2.74 bits per heavy atom. The molecule has 0 unspecified atom stereocenters. The summed E-state index contributed by atoms with van der Waals surface area (Å²) in [6.45, 7) is 9.82. The number of para-hydroxylation sites is 1. The van der Waals surface area contributed by atoms with Gasteiger partial charge in [-0.3, -0.25) is 0 Å². The maximum absolute atomic E-state index is 5.49. The van der Waals surface area contributed by atoms with E-state index in [4.69, 9.17) is 19.2 Å². The third-order valence-corrected chi connectivity index (χ3v) is 4.28. The third kappa shape index (κ3) is 8.15. The summed E-state index contributed by atoms with van der Waals surface area (Å²) in [6, 6.07) is 8.49. The molecule has 1 aromatic carbocycles. The summed E-state index contributed by atoms with van der Waals surface area (Å²) < 4.78 is 15.9. The molecule has 2 rings (SSSR count). The average Bonchev–Trinajstić information content (AvgIpc) is 2.72. The van der Waals surface area contributed by atoms with E-state index in [-0.39, 0.29) is 0 Å². The molecule has 1 aromatic rings. The minimum absolute atomic E-state index is 0.639. The van der Waals surface area contributed by atoms with Crippen LogP contribution in [0.5, 0.6) is 0 Å². The van der Waals surface area contributed by atoms with E-state index in [9.17, 15) is 0 Å². The molecule has 0 bridgehead atoms. The van der Waals surface area contributed by atoms with Gasteiger partial charge < -0.3 is 29.7 Å². The molecule has 0 aromatic heterocycles. The van der Waals surface area contributed by atoms with Crippen LogP contribution in [-0.4, -0.2) is 72.3 Å². The SMILES string of the molecule is CCNC(=NCc1ccccc1N1CCOCC1)NCCCOCCOC. The van der Waals surface area contributed by atoms with Gasteiger partial charge in [-0.2, -0.15) is 0 Å². The monoisotopic (exact) mass is 378 g/mol. The Morgan fingerprint density at radius 1 is 1.15 bits per heavy atom. The Kier molecular flexibility index (Phi) is 10.6. The van der Waals surface area contributed by atoms with Crippen LogP contribution in [0.1, 0.15) is 18.9 Å². The highest BCUT2D eigenvalue weighted by molar-refractivity contribution is 5.79. The molecule has 1 aliphatic heterocycles. The molecule has 1 aliphatic rings. The molecule has 27 heavy (non-hydrogen) atoms. The van der Waals surface area contributed by atoms with Gasteiger partial charge in [-0.1, -0.05) is 18.2 Å². The van der Waals surface area contributed by atoms with E-state index in [0.29, 0.717) is 19.8 Å². The lowest BCUT2D eigenvalue weighted by Gasteiger charge is -2.30. The van der Waals surface area contributed by atoms with Gasteiger partial charge in [0, 0.05) is 45.6 Å². The van der Waals surface area contributed by atoms with Crippen LogP contribution in [0.15, 0.2) is 29.3 Å². The molecule has 7 heteroatoms. The van der Waals surface area contributed by atoms with Crippen LogP contribution in [0.25, 0.3) is 0 Å². The topological polar surface area (TPSA) is 67.4 Å². The van der Waals surface area contributed by atoms with Crippen molar-refractivity contribution in [2.45, 2.75) is 19.9 Å². The summed E-state index contributed by atoms with van der Waals surface area (Å²) in [5.74, 6) is 0.839. The number of guanidine groups is 1. The van der Waals surface area contributed by atoms with Gasteiger partial charge in [-0.05, 0) is 25.0 Å². The lowest BCUT2D eigenvalue weighted by atomic mass is 10.1. The summed E-state index contributed by atoms with van der Waals surface area (Å²) in [5, 5.41) is 6.68. The molecule has 0 radical (unpaired) electrons. The van der Waals surface area contributed by atoms with E-state index in [1.807, 2.05) is 0 Å². The van der Waals surface area contributed by atoms with Gasteiger partial charge in [0.2, 0.25) is 0 Å². The Labute approximate surface area is 163 Å². The second-order valence-electron chi connectivity index (χ2n) is 6.31. The molecule has 0 amide bonds. The number of aliphatic imine (C=N–C) groups is 1. The van der Waals surface area contributed by atoms with Gasteiger partial charge in [0.15, 0.2) is 5.96 Å². The van der Waals surface area contributed by atoms with Crippen molar-refractivity contribution >= 4 is 11.6 Å². The van der Waals surface area contributed by atoms with Crippen molar-refractivity contribution in [2.75, 3.05) is 71.2 Å². The number of morpholine rings is 1. The standard InChI is InChI=1S/C20H34N4O3/c1-3-21-20(22-9-6-12-26-16-15-25-2)23-17-18-7-4-5-8-19(18)24-10-13-27-14-11-24/h4-5,7-8H,3,6,9-17H2,1-2H3,(H2,21,22,23). The first-order chi connectivity index (χ1) is 13.3. The lowest BCUT2D eigenvalue weighted by molar-refractivity contribution is 0.0698. The van der Waals surface area contributed by atoms with E-state index < -0.39 is 0 Å². The number of methoxy groups -OCH3 is 1. The average molecular weight is 379 g/mol. The number of rotatable bonds is 11. The van der Waals surface area contributed by atoms with Crippen LogP contribution in [0, 0.1) is 0 Å². The van der Waals surface area contributed by atoms with Crippen molar-refractivity contribution in [3.05, 3.63) is 29.8 Å². The number of ether oxygens (including phenoxy) is 3. The zero-order valence-electron chi connectivity index (χ0n) is 16.7. The fourth-order valence-corrected chi connectivity index (χ4v) is 2.89. The van der Waals surface area contributed by atoms with Gasteiger partial charge >= 0.3 is 0 Å². The van der Waals surface area contributed by atoms with Crippen molar-refractivity contribution in [3.63, 3.8) is 0 Å². The van der Waals surface area contributed by atoms with Crippen LogP contribution < -0.4 is 15.5 Å². The van der Waals surface area contributed by atoms with Crippen molar-refractivity contribution in [2.24, 2.45) is 4.99 Å². The number of hydrogen-bond donors (Lipinski definition) is 2. The predicted molar refractivity (Wildman–Crippen MR) is 110 cm³/mol. The summed E-state index contributed by atoms with van der Waals surface area (Å²) >= 11 is 0. The minimum Gasteiger partial charge on any atom is -0.382 e. The largest absolute Gasteiger partial charge is 0.382 e. The first kappa shape index (κ1) is 21.5. The van der Waals surface area contributed by atoms with Crippen molar-refractivity contribution in [1.29, 1.82) is 0 Å². The van der Waals surface area contributed by atoms with Crippen LogP contribution in [0.2, 0.25) is 0 Å². The van der Waals surface area contributed by atoms with Crippen molar-refractivity contribution in [3.8, 4) is 0 Å². The fraction of sp³-hybridized carbons (Fsp3) is 0.650. The number of nitrogens with zero attached hydrogens (tertiary/aromatic N) is 2. The van der Waals surface area contributed by atoms with E-state index in [1.165, 1.54) is 11.3 Å². The lowest BCUT2D eigenvalue weighted by Crippen LogP contribution is -2.38. The number of benzene rings is 1. The van der Waals surface area contributed by atoms with E-state index >= 15 is 0 Å². The molecule has 7 nitrogen and oxygen atoms in total. The fourth-order valence-electron chi connectivity index (χ4n) is 2.89. The molecular formula is C20H34N4O3. The van der Waals surface area contributed by atoms with Crippen LogP contribution in [0.3, 0.4) is 0 Å². The maximum Gasteiger partial charge on any atom is 0.191 e. The first-order valence-electron chi connectivity index (χ1n) is 9.84. The molecule has 0 aliphatic carbocycles. The smallest absolute Gasteiger partial charge is 0.191 e. The van der Waals surface area contributed by atoms with Gasteiger partial charge in [0.1, 0.15) is 0 Å². The summed E-state index contributed by atoms with van der Waals surface area (Å²) in [7, 11) is 1.68. The van der Waals surface area contributed by atoms with E-state index in [1.54, 1.807) is 7.11 Å². The Balaban J connectivity index is 1.85. The molecule has 0 spiro atoms. The number of anilines is 1. The molecule has 1 fully saturated rings. The van der Waals surface area contributed by atoms with Gasteiger partial charge in [0.05, 0.1) is 33.0 Å². The third-order valence-electron chi connectivity index (χ3n) is 4.28. The normalized spacial score (nSPS) is 15.0. The summed E-state index contributed by atoms with van der Waals surface area (Å²) in [6.07, 6.45) is 0.929. The van der Waals surface area contributed by atoms with Gasteiger partial charge in [0.25, 0.3) is 0 Å². The van der Waals surface area contributed by atoms with Crippen LogP contribution in [-0.2, 0) is 20.8 Å². The molecule has 1 saturated heterocycles. The summed E-state index contributed by atoms with van der Waals surface area (Å²) in [5.41, 5.74) is 2.49. The highest BCUT2D eigenvalue weighted by atomic mass is 16.5. The predicted octanol–water partition coefficient (Wildman–Crippen LogP) is 1.63. The molecule has 152 valence electrons. The Bertz CT molecular complexity index is 548. The van der Waals surface area contributed by atoms with Crippen molar-refractivity contribution < 1.29 is 14.2 Å². The van der Waals surface area contributed by atoms with Crippen LogP contribution in [0.4, 0.5) is 5.69 Å². The Hall–Kier alpha value is -1.83. The highest BCUT2D eigenvalue weighted by Gasteiger charge is 2.14. The van der Waals surface area contributed by atoms with Gasteiger partial charge in [-0.25, -0.2) is 4.99 Å². The molecular weight excluding hydrogens is 344 g/mol. The molecule has 1 heterocycles. The second-order valence-corrected chi connectivity index (χ2v) is 6.31. The molecule has 0 saturated carbocycles. The molecule has 0 atom stereocenters. The molecule has 2 N–H and O–H groups in total. The van der Waals surface area contributed by atoms with E-state index in [2.05, 4.69) is 46.7 Å². The maximum atomic E-state index is 5.49. The van der Waals surface area contributed by atoms with Crippen molar-refractivity contribution in [1.82, 2.24) is 10.6 Å². The zero-order chi connectivity index (χ0) is 19.2. The number of hydrogen-bond acceptors (Lipinski definition) is 5. The Morgan fingerprint density at radius 2 is 1.96 bits per heavy atom. The quantitative estimate of drug-likeness (QED) is 0.347. The van der Waals surface area contributed by atoms with Crippen LogP contribution >= 0.6 is 0 Å². The minimum atomic E-state index is 0.639. The number of nitrogens with one attached hydrogen (secondary N) is 2. The second kappa shape index (κ2) is 13.4. The summed E-state index contributed by atoms with van der Waals surface area (Å²) in [4.78, 5) is 7.14. The highest BCUT2D eigenvalue weighted by Crippen LogP contribution is 2.22. The van der Waals surface area contributed by atoms with E-state index in [0.717, 1.165) is 58.4 Å². The first-order valence-corrected chi connectivity index (χ1v) is 9.84. The van der Waals surface area contributed by atoms with Gasteiger partial charge in [-0.15, -0.1) is 0 Å². The zero-order valence-corrected chi connectivity index (χ0v) is 16.7.